The molecule has 1 aliphatic carbocycles. The molecule has 1 aromatic rings. The number of carbonyl (C=O) groups excluding carboxylic acids is 1. The zero-order chi connectivity index (χ0) is 16.5. The van der Waals surface area contributed by atoms with Crippen LogP contribution in [-0.2, 0) is 0 Å². The first-order chi connectivity index (χ1) is 11.2. The summed E-state index contributed by atoms with van der Waals surface area (Å²) in [6.45, 7) is 3.85. The quantitative estimate of drug-likeness (QED) is 0.324. The van der Waals surface area contributed by atoms with Gasteiger partial charge in [0.05, 0.1) is 6.54 Å². The van der Waals surface area contributed by atoms with Gasteiger partial charge in [-0.15, -0.1) is 0 Å². The standard InChI is InChI=1S/C17H23ClN4O/c1-2-19-17(22-15-5-3-4-6-15)21-12-11-20-16(23)13-7-9-14(18)10-8-13/h3-4,7-10,15H,2,5-6,11-12H2,1H3,(H,20,23)(H2,19,21,22). The van der Waals surface area contributed by atoms with Crippen molar-refractivity contribution in [3.8, 4) is 0 Å². The molecule has 5 nitrogen and oxygen atoms in total. The van der Waals surface area contributed by atoms with Gasteiger partial charge in [0.1, 0.15) is 0 Å². The predicted octanol–water partition coefficient (Wildman–Crippen LogP) is 2.34. The van der Waals surface area contributed by atoms with Crippen LogP contribution in [-0.4, -0.2) is 37.5 Å². The minimum atomic E-state index is -0.116. The Kier molecular flexibility index (Phi) is 6.94. The van der Waals surface area contributed by atoms with Gasteiger partial charge in [0.2, 0.25) is 0 Å². The lowest BCUT2D eigenvalue weighted by Crippen LogP contribution is -2.43. The van der Waals surface area contributed by atoms with Crippen molar-refractivity contribution in [2.24, 2.45) is 4.99 Å². The molecule has 2 rings (SSSR count). The SMILES string of the molecule is CCNC(=NCCNC(=O)c1ccc(Cl)cc1)NC1CC=CC1. The first kappa shape index (κ1) is 17.3. The molecular weight excluding hydrogens is 312 g/mol. The van der Waals surface area contributed by atoms with Gasteiger partial charge in [-0.3, -0.25) is 9.79 Å². The molecule has 0 aliphatic heterocycles. The monoisotopic (exact) mass is 334 g/mol. The van der Waals surface area contributed by atoms with Crippen molar-refractivity contribution in [1.29, 1.82) is 0 Å². The number of nitrogens with one attached hydrogen (secondary N) is 3. The molecule has 0 radical (unpaired) electrons. The van der Waals surface area contributed by atoms with Gasteiger partial charge >= 0.3 is 0 Å². The van der Waals surface area contributed by atoms with Gasteiger partial charge in [0, 0.05) is 29.7 Å². The van der Waals surface area contributed by atoms with Crippen molar-refractivity contribution in [3.63, 3.8) is 0 Å². The highest BCUT2D eigenvalue weighted by Crippen LogP contribution is 2.09. The van der Waals surface area contributed by atoms with E-state index in [1.54, 1.807) is 24.3 Å². The second kappa shape index (κ2) is 9.20. The van der Waals surface area contributed by atoms with Crippen molar-refractivity contribution in [3.05, 3.63) is 47.0 Å². The van der Waals surface area contributed by atoms with Crippen LogP contribution in [0.15, 0.2) is 41.4 Å². The highest BCUT2D eigenvalue weighted by atomic mass is 35.5. The Balaban J connectivity index is 1.76. The smallest absolute Gasteiger partial charge is 0.251 e. The molecule has 0 saturated carbocycles. The number of aliphatic imine (C=N–C) groups is 1. The maximum atomic E-state index is 12.0. The van der Waals surface area contributed by atoms with E-state index in [1.165, 1.54) is 0 Å². The van der Waals surface area contributed by atoms with E-state index in [2.05, 4.69) is 33.1 Å². The number of hydrogen-bond acceptors (Lipinski definition) is 2. The maximum absolute atomic E-state index is 12.0. The van der Waals surface area contributed by atoms with Gasteiger partial charge in [-0.05, 0) is 44.0 Å². The normalized spacial score (nSPS) is 14.8. The van der Waals surface area contributed by atoms with Crippen LogP contribution in [0.4, 0.5) is 0 Å². The molecule has 0 saturated heterocycles. The molecule has 0 spiro atoms. The molecule has 6 heteroatoms. The van der Waals surface area contributed by atoms with E-state index < -0.39 is 0 Å². The highest BCUT2D eigenvalue weighted by molar-refractivity contribution is 6.30. The van der Waals surface area contributed by atoms with Crippen molar-refractivity contribution in [2.75, 3.05) is 19.6 Å². The number of rotatable bonds is 6. The Bertz CT molecular complexity index is 560. The lowest BCUT2D eigenvalue weighted by molar-refractivity contribution is 0.0955. The van der Waals surface area contributed by atoms with Gasteiger partial charge in [0.15, 0.2) is 5.96 Å². The Morgan fingerprint density at radius 2 is 1.91 bits per heavy atom. The first-order valence-electron chi connectivity index (χ1n) is 7.92. The Morgan fingerprint density at radius 3 is 2.57 bits per heavy atom. The van der Waals surface area contributed by atoms with E-state index in [0.717, 1.165) is 25.3 Å². The largest absolute Gasteiger partial charge is 0.357 e. The molecule has 3 N–H and O–H groups in total. The zero-order valence-electron chi connectivity index (χ0n) is 13.3. The summed E-state index contributed by atoms with van der Waals surface area (Å²) in [7, 11) is 0. The number of carbonyl (C=O) groups is 1. The summed E-state index contributed by atoms with van der Waals surface area (Å²) in [5, 5.41) is 10.1. The minimum absolute atomic E-state index is 0.116. The Hall–Kier alpha value is -2.01. The average molecular weight is 335 g/mol. The molecular formula is C17H23ClN4O. The molecule has 124 valence electrons. The second-order valence-corrected chi connectivity index (χ2v) is 5.74. The van der Waals surface area contributed by atoms with Crippen LogP contribution in [0.3, 0.4) is 0 Å². The third kappa shape index (κ3) is 5.94. The molecule has 0 bridgehead atoms. The molecule has 1 amide bonds. The second-order valence-electron chi connectivity index (χ2n) is 5.31. The van der Waals surface area contributed by atoms with Gasteiger partial charge in [-0.2, -0.15) is 0 Å². The number of guanidine groups is 1. The molecule has 0 atom stereocenters. The third-order valence-corrected chi connectivity index (χ3v) is 3.72. The van der Waals surface area contributed by atoms with E-state index >= 15 is 0 Å². The molecule has 0 fully saturated rings. The summed E-state index contributed by atoms with van der Waals surface area (Å²) in [6.07, 6.45) is 6.40. The van der Waals surface area contributed by atoms with Gasteiger partial charge < -0.3 is 16.0 Å². The first-order valence-corrected chi connectivity index (χ1v) is 8.30. The van der Waals surface area contributed by atoms with E-state index in [4.69, 9.17) is 11.6 Å². The van der Waals surface area contributed by atoms with Crippen LogP contribution in [0.25, 0.3) is 0 Å². The number of benzene rings is 1. The molecule has 1 aliphatic rings. The highest BCUT2D eigenvalue weighted by Gasteiger charge is 2.11. The van der Waals surface area contributed by atoms with Crippen molar-refractivity contribution < 1.29 is 4.79 Å². The van der Waals surface area contributed by atoms with Crippen LogP contribution in [0.1, 0.15) is 30.1 Å². The zero-order valence-corrected chi connectivity index (χ0v) is 14.1. The third-order valence-electron chi connectivity index (χ3n) is 3.47. The summed E-state index contributed by atoms with van der Waals surface area (Å²) in [5.74, 6) is 0.678. The van der Waals surface area contributed by atoms with Crippen molar-refractivity contribution in [2.45, 2.75) is 25.8 Å². The van der Waals surface area contributed by atoms with Gasteiger partial charge in [-0.25, -0.2) is 0 Å². The lowest BCUT2D eigenvalue weighted by atomic mass is 10.2. The Labute approximate surface area is 142 Å². The molecule has 0 unspecified atom stereocenters. The van der Waals surface area contributed by atoms with Crippen LogP contribution >= 0.6 is 11.6 Å². The topological polar surface area (TPSA) is 65.5 Å². The number of nitrogens with zero attached hydrogens (tertiary/aromatic N) is 1. The van der Waals surface area contributed by atoms with Gasteiger partial charge in [0.25, 0.3) is 5.91 Å². The van der Waals surface area contributed by atoms with Gasteiger partial charge in [-0.1, -0.05) is 23.8 Å². The number of amides is 1. The maximum Gasteiger partial charge on any atom is 0.251 e. The summed E-state index contributed by atoms with van der Waals surface area (Å²) >= 11 is 5.81. The molecule has 0 heterocycles. The van der Waals surface area contributed by atoms with Crippen LogP contribution in [0, 0.1) is 0 Å². The summed E-state index contributed by atoms with van der Waals surface area (Å²) in [4.78, 5) is 16.5. The lowest BCUT2D eigenvalue weighted by Gasteiger charge is -2.16. The molecule has 0 aromatic heterocycles. The minimum Gasteiger partial charge on any atom is -0.357 e. The predicted molar refractivity (Wildman–Crippen MR) is 95.1 cm³/mol. The van der Waals surface area contributed by atoms with E-state index in [1.807, 2.05) is 6.92 Å². The van der Waals surface area contributed by atoms with Crippen LogP contribution < -0.4 is 16.0 Å². The molecule has 23 heavy (non-hydrogen) atoms. The fraction of sp³-hybridized carbons (Fsp3) is 0.412. The van der Waals surface area contributed by atoms with E-state index in [9.17, 15) is 4.79 Å². The van der Waals surface area contributed by atoms with E-state index in [0.29, 0.717) is 29.7 Å². The summed E-state index contributed by atoms with van der Waals surface area (Å²) in [5.41, 5.74) is 0.598. The number of hydrogen-bond donors (Lipinski definition) is 3. The van der Waals surface area contributed by atoms with Crippen molar-refractivity contribution >= 4 is 23.5 Å². The average Bonchev–Trinajstić information content (AvgIpc) is 3.05. The van der Waals surface area contributed by atoms with Crippen LogP contribution in [0.5, 0.6) is 0 Å². The van der Waals surface area contributed by atoms with E-state index in [-0.39, 0.29) is 5.91 Å². The number of halogens is 1. The summed E-state index contributed by atoms with van der Waals surface area (Å²) in [6, 6.07) is 7.24. The molecule has 1 aromatic carbocycles. The summed E-state index contributed by atoms with van der Waals surface area (Å²) < 4.78 is 0. The Morgan fingerprint density at radius 1 is 1.22 bits per heavy atom. The van der Waals surface area contributed by atoms with Crippen LogP contribution in [0.2, 0.25) is 5.02 Å². The fourth-order valence-corrected chi connectivity index (χ4v) is 2.41. The van der Waals surface area contributed by atoms with Crippen molar-refractivity contribution in [1.82, 2.24) is 16.0 Å². The fourth-order valence-electron chi connectivity index (χ4n) is 2.29.